The number of ether oxygens (including phenoxy) is 4. The number of imidazole rings is 1. The van der Waals surface area contributed by atoms with Gasteiger partial charge in [-0.2, -0.15) is 0 Å². The Hall–Kier alpha value is -3.61. The third-order valence-corrected chi connectivity index (χ3v) is 11.0. The fourth-order valence-electron chi connectivity index (χ4n) is 4.54. The van der Waals surface area contributed by atoms with Crippen LogP contribution in [0.25, 0.3) is 11.2 Å². The molecule has 0 saturated heterocycles. The molecule has 3 aromatic rings. The first-order valence-corrected chi connectivity index (χ1v) is 16.4. The van der Waals surface area contributed by atoms with Gasteiger partial charge in [0.2, 0.25) is 14.7 Å². The maximum Gasteiger partial charge on any atom is 0.235 e. The van der Waals surface area contributed by atoms with Crippen LogP contribution in [-0.2, 0) is 28.1 Å². The fourth-order valence-corrected chi connectivity index (χ4v) is 8.72. The Morgan fingerprint density at radius 1 is 0.930 bits per heavy atom. The van der Waals surface area contributed by atoms with Gasteiger partial charge in [-0.3, -0.25) is 13.7 Å². The number of nitrogens with two attached hydrogens (primary N) is 2. The van der Waals surface area contributed by atoms with Crippen molar-refractivity contribution in [3.8, 4) is 0 Å². The van der Waals surface area contributed by atoms with Crippen LogP contribution in [0.15, 0.2) is 42.8 Å². The van der Waals surface area contributed by atoms with Gasteiger partial charge in [0.15, 0.2) is 59.8 Å². The molecule has 0 aliphatic carbocycles. The van der Waals surface area contributed by atoms with Gasteiger partial charge in [0.25, 0.3) is 0 Å². The Morgan fingerprint density at radius 2 is 1.53 bits per heavy atom. The van der Waals surface area contributed by atoms with E-state index in [9.17, 15) is 27.7 Å². The minimum Gasteiger partial charge on any atom is -0.382 e. The molecule has 0 fully saturated rings. The van der Waals surface area contributed by atoms with Gasteiger partial charge >= 0.3 is 0 Å². The van der Waals surface area contributed by atoms with Crippen LogP contribution >= 0.6 is 14.7 Å². The van der Waals surface area contributed by atoms with Crippen LogP contribution in [0.1, 0.15) is 6.23 Å². The van der Waals surface area contributed by atoms with Crippen LogP contribution in [0.4, 0.5) is 31.9 Å². The van der Waals surface area contributed by atoms with E-state index >= 15 is 0 Å². The van der Waals surface area contributed by atoms with Gasteiger partial charge in [0, 0.05) is 12.2 Å². The third-order valence-electron chi connectivity index (χ3n) is 6.39. The highest BCUT2D eigenvalue weighted by Gasteiger charge is 2.40. The van der Waals surface area contributed by atoms with Gasteiger partial charge in [-0.1, -0.05) is 0 Å². The summed E-state index contributed by atoms with van der Waals surface area (Å²) in [6.07, 6.45) is -1.79. The van der Waals surface area contributed by atoms with Crippen LogP contribution < -0.4 is 21.7 Å². The number of aromatic nitrogens is 6. The van der Waals surface area contributed by atoms with Crippen LogP contribution in [-0.4, -0.2) is 83.3 Å². The van der Waals surface area contributed by atoms with Crippen molar-refractivity contribution in [1.29, 1.82) is 0 Å². The van der Waals surface area contributed by atoms with Crippen molar-refractivity contribution in [2.24, 2.45) is 0 Å². The molecule has 3 aromatic heterocycles. The van der Waals surface area contributed by atoms with Crippen molar-refractivity contribution in [1.82, 2.24) is 29.5 Å². The quantitative estimate of drug-likeness (QED) is 0.195. The molecule has 0 spiro atoms. The number of anilines is 4. The van der Waals surface area contributed by atoms with Gasteiger partial charge in [-0.25, -0.2) is 33.7 Å². The SMILES string of the molecule is Nc1ncnc2c1NCN2[C@@H]1O[C@@H](OCP(=O)(O)CP(=O)(O)CO[C@@H]2C=C(F)[C@H](n3cnc4c(N)ncnc43)O2)C=C1F. The highest BCUT2D eigenvalue weighted by molar-refractivity contribution is 7.75. The summed E-state index contributed by atoms with van der Waals surface area (Å²) in [7, 11) is -8.86. The van der Waals surface area contributed by atoms with E-state index in [-0.39, 0.29) is 29.5 Å². The Balaban J connectivity index is 1.00. The molecule has 6 heterocycles. The van der Waals surface area contributed by atoms with Gasteiger partial charge in [-0.05, 0) is 0 Å². The molecular formula is C21H24F2N10O8P2. The van der Waals surface area contributed by atoms with E-state index in [0.29, 0.717) is 11.5 Å². The van der Waals surface area contributed by atoms with Crippen LogP contribution in [0.2, 0.25) is 0 Å². The lowest BCUT2D eigenvalue weighted by Crippen LogP contribution is -2.37. The largest absolute Gasteiger partial charge is 0.382 e. The molecule has 22 heteroatoms. The predicted octanol–water partition coefficient (Wildman–Crippen LogP) is 1.36. The average molecular weight is 644 g/mol. The molecule has 0 radical (unpaired) electrons. The summed E-state index contributed by atoms with van der Waals surface area (Å²) in [4.78, 5) is 41.8. The Labute approximate surface area is 240 Å². The van der Waals surface area contributed by atoms with Crippen molar-refractivity contribution in [2.45, 2.75) is 25.0 Å². The zero-order chi connectivity index (χ0) is 30.5. The van der Waals surface area contributed by atoms with Crippen molar-refractivity contribution in [3.05, 3.63) is 42.8 Å². The van der Waals surface area contributed by atoms with Crippen LogP contribution in [0.3, 0.4) is 0 Å². The Morgan fingerprint density at radius 3 is 2.23 bits per heavy atom. The van der Waals surface area contributed by atoms with Crippen molar-refractivity contribution < 1.29 is 46.6 Å². The Bertz CT molecular complexity index is 1730. The van der Waals surface area contributed by atoms with E-state index in [2.05, 4.69) is 30.2 Å². The summed E-state index contributed by atoms with van der Waals surface area (Å²) in [5, 5.41) is 2.92. The van der Waals surface area contributed by atoms with E-state index in [1.165, 1.54) is 28.4 Å². The van der Waals surface area contributed by atoms with Gasteiger partial charge in [0.05, 0.1) is 13.0 Å². The molecule has 6 atom stereocenters. The minimum atomic E-state index is -4.43. The molecular weight excluding hydrogens is 620 g/mol. The maximum absolute atomic E-state index is 14.7. The summed E-state index contributed by atoms with van der Waals surface area (Å²) in [5.41, 5.74) is 12.3. The van der Waals surface area contributed by atoms with E-state index < -0.39 is 70.0 Å². The molecule has 0 amide bonds. The number of hydrogen-bond acceptors (Lipinski definition) is 15. The molecule has 3 aliphatic heterocycles. The standard InChI is InChI=1S/C21H24F2N10O8P2/c22-10-1-12(40-20(10)32-5-30-14-16(24)26-3-28-18(14)32)38-7-42(34,35)9-43(36,37)8-39-13-2-11(23)21(41-13)33-6-31-15-17(25)27-4-29-19(15)33/h1-5,12-13,20-21,31H,6-9H2,(H,34,35)(H,36,37)(H2,24,26,28)(H2,25,27,29)/t12-,13+,20+,21+/m0/s1. The second-order valence-corrected chi connectivity index (χ2v) is 14.6. The molecule has 0 saturated carbocycles. The fraction of sp³-hybridized carbons (Fsp3) is 0.381. The highest BCUT2D eigenvalue weighted by atomic mass is 31.2. The number of nitrogens with zero attached hydrogens (tertiary/aromatic N) is 7. The molecule has 6 rings (SSSR count). The first kappa shape index (κ1) is 29.5. The number of fused-ring (bicyclic) bond motifs is 2. The van der Waals surface area contributed by atoms with Crippen LogP contribution in [0, 0.1) is 0 Å². The number of hydrogen-bond donors (Lipinski definition) is 5. The third kappa shape index (κ3) is 5.96. The number of rotatable bonds is 10. The first-order valence-electron chi connectivity index (χ1n) is 12.3. The number of nitrogens with one attached hydrogen (secondary N) is 1. The summed E-state index contributed by atoms with van der Waals surface area (Å²) in [6.45, 7) is 0.0928. The summed E-state index contributed by atoms with van der Waals surface area (Å²) >= 11 is 0. The lowest BCUT2D eigenvalue weighted by molar-refractivity contribution is -0.129. The predicted molar refractivity (Wildman–Crippen MR) is 145 cm³/mol. The molecule has 0 bridgehead atoms. The molecule has 18 nitrogen and oxygen atoms in total. The zero-order valence-corrected chi connectivity index (χ0v) is 23.6. The first-order chi connectivity index (χ1) is 20.4. The van der Waals surface area contributed by atoms with Gasteiger partial charge in [0.1, 0.15) is 42.5 Å². The van der Waals surface area contributed by atoms with Crippen LogP contribution in [0.5, 0.6) is 0 Å². The minimum absolute atomic E-state index is 0.0772. The lowest BCUT2D eigenvalue weighted by atomic mass is 10.4. The second kappa shape index (κ2) is 11.1. The lowest BCUT2D eigenvalue weighted by Gasteiger charge is -2.25. The molecule has 230 valence electrons. The molecule has 2 unspecified atom stereocenters. The monoisotopic (exact) mass is 644 g/mol. The highest BCUT2D eigenvalue weighted by Crippen LogP contribution is 2.57. The van der Waals surface area contributed by atoms with E-state index in [0.717, 1.165) is 12.2 Å². The van der Waals surface area contributed by atoms with E-state index in [4.69, 9.17) is 30.4 Å². The summed E-state index contributed by atoms with van der Waals surface area (Å²) in [6, 6.07) is 0. The van der Waals surface area contributed by atoms with E-state index in [1.54, 1.807) is 0 Å². The van der Waals surface area contributed by atoms with Gasteiger partial charge in [-0.15, -0.1) is 0 Å². The van der Waals surface area contributed by atoms with Crippen molar-refractivity contribution in [2.75, 3.05) is 47.0 Å². The summed E-state index contributed by atoms with van der Waals surface area (Å²) < 4.78 is 77.4. The normalized spacial score (nSPS) is 26.1. The van der Waals surface area contributed by atoms with Crippen molar-refractivity contribution >= 4 is 49.0 Å². The Kier molecular flexibility index (Phi) is 7.64. The average Bonchev–Trinajstić information content (AvgIpc) is 3.71. The van der Waals surface area contributed by atoms with Gasteiger partial charge < -0.3 is 50.4 Å². The maximum atomic E-state index is 14.7. The number of nitrogen functional groups attached to an aromatic ring is 2. The van der Waals surface area contributed by atoms with E-state index in [1.807, 2.05) is 0 Å². The molecule has 43 heavy (non-hydrogen) atoms. The second-order valence-electron chi connectivity index (χ2n) is 9.59. The van der Waals surface area contributed by atoms with Crippen molar-refractivity contribution in [3.63, 3.8) is 0 Å². The number of halogens is 2. The molecule has 3 aliphatic rings. The summed E-state index contributed by atoms with van der Waals surface area (Å²) in [5.74, 6) is -2.12. The molecule has 0 aromatic carbocycles. The smallest absolute Gasteiger partial charge is 0.235 e. The topological polar surface area (TPSA) is 248 Å². The molecule has 7 N–H and O–H groups in total. The zero-order valence-electron chi connectivity index (χ0n) is 21.8.